The summed E-state index contributed by atoms with van der Waals surface area (Å²) in [5, 5.41) is 0.457. The summed E-state index contributed by atoms with van der Waals surface area (Å²) in [7, 11) is 0. The number of nitrogens with two attached hydrogens (primary N) is 1. The van der Waals surface area contributed by atoms with E-state index in [4.69, 9.17) is 15.2 Å². The van der Waals surface area contributed by atoms with Gasteiger partial charge in [-0.05, 0) is 77.5 Å². The molecule has 29 heavy (non-hydrogen) atoms. The van der Waals surface area contributed by atoms with Crippen molar-refractivity contribution in [2.45, 2.75) is 73.1 Å². The topological polar surface area (TPSA) is 94.2 Å². The van der Waals surface area contributed by atoms with Gasteiger partial charge in [0.1, 0.15) is 11.2 Å². The van der Waals surface area contributed by atoms with Gasteiger partial charge in [-0.2, -0.15) is 0 Å². The summed E-state index contributed by atoms with van der Waals surface area (Å²) >= 11 is 1.44. The summed E-state index contributed by atoms with van der Waals surface area (Å²) in [5.74, 6) is 0.819. The molecule has 7 nitrogen and oxygen atoms in total. The van der Waals surface area contributed by atoms with Gasteiger partial charge in [-0.25, -0.2) is 19.5 Å². The van der Waals surface area contributed by atoms with Crippen molar-refractivity contribution in [2.75, 3.05) is 5.75 Å². The number of imide groups is 1. The number of amides is 2. The van der Waals surface area contributed by atoms with Gasteiger partial charge in [0.25, 0.3) is 0 Å². The fraction of sp³-hybridized carbons (Fsp3) is 0.571. The van der Waals surface area contributed by atoms with Gasteiger partial charge >= 0.3 is 12.2 Å². The van der Waals surface area contributed by atoms with Gasteiger partial charge in [0.05, 0.1) is 12.2 Å². The van der Waals surface area contributed by atoms with Gasteiger partial charge in [-0.1, -0.05) is 24.8 Å². The van der Waals surface area contributed by atoms with Gasteiger partial charge in [0, 0.05) is 0 Å². The first-order valence-electron chi connectivity index (χ1n) is 9.52. The van der Waals surface area contributed by atoms with Crippen LogP contribution in [0.2, 0.25) is 0 Å². The zero-order valence-corrected chi connectivity index (χ0v) is 19.5. The van der Waals surface area contributed by atoms with Crippen LogP contribution in [0.4, 0.5) is 15.3 Å². The summed E-state index contributed by atoms with van der Waals surface area (Å²) in [5.41, 5.74) is 6.71. The average molecular weight is 424 g/mol. The van der Waals surface area contributed by atoms with Gasteiger partial charge in [0.15, 0.2) is 5.17 Å². The third-order valence-electron chi connectivity index (χ3n) is 3.42. The monoisotopic (exact) mass is 423 g/mol. The zero-order valence-electron chi connectivity index (χ0n) is 18.7. The highest BCUT2D eigenvalue weighted by Gasteiger charge is 2.31. The Hall–Kier alpha value is -2.22. The number of aryl methyl sites for hydroxylation is 1. The van der Waals surface area contributed by atoms with Crippen LogP contribution in [0.15, 0.2) is 23.2 Å². The number of aliphatic imine (C=N–C) groups is 1. The van der Waals surface area contributed by atoms with Crippen molar-refractivity contribution in [3.63, 3.8) is 0 Å². The fourth-order valence-electron chi connectivity index (χ4n) is 2.21. The number of carbonyl (C=O) groups is 2. The number of rotatable bonds is 4. The molecular weight excluding hydrogens is 390 g/mol. The maximum atomic E-state index is 12.7. The number of nitrogens with zero attached hydrogens (tertiary/aromatic N) is 2. The molecule has 162 valence electrons. The van der Waals surface area contributed by atoms with Crippen LogP contribution in [0.3, 0.4) is 0 Å². The van der Waals surface area contributed by atoms with Gasteiger partial charge in [0.2, 0.25) is 0 Å². The van der Waals surface area contributed by atoms with Crippen LogP contribution in [0.25, 0.3) is 0 Å². The second kappa shape index (κ2) is 10.0. The van der Waals surface area contributed by atoms with Crippen LogP contribution < -0.4 is 5.73 Å². The summed E-state index contributed by atoms with van der Waals surface area (Å²) in [6.07, 6.45) is -1.53. The number of ether oxygens (including phenoxy) is 2. The van der Waals surface area contributed by atoms with Crippen molar-refractivity contribution in [3.05, 3.63) is 29.3 Å². The number of thioether (sulfide) groups is 1. The van der Waals surface area contributed by atoms with Crippen molar-refractivity contribution >= 4 is 34.8 Å². The van der Waals surface area contributed by atoms with Crippen LogP contribution >= 0.6 is 11.8 Å². The fourth-order valence-corrected chi connectivity index (χ4v) is 2.68. The van der Waals surface area contributed by atoms with E-state index in [1.165, 1.54) is 11.8 Å². The third kappa shape index (κ3) is 9.21. The first kappa shape index (κ1) is 24.8. The molecule has 0 fully saturated rings. The minimum absolute atomic E-state index is 0.000153. The van der Waals surface area contributed by atoms with Crippen LogP contribution in [0.1, 0.15) is 59.6 Å². The van der Waals surface area contributed by atoms with Gasteiger partial charge < -0.3 is 15.2 Å². The minimum atomic E-state index is -0.763. The van der Waals surface area contributed by atoms with Crippen molar-refractivity contribution in [2.24, 2.45) is 10.7 Å². The highest BCUT2D eigenvalue weighted by Crippen LogP contribution is 2.23. The molecule has 0 heterocycles. The van der Waals surface area contributed by atoms with Gasteiger partial charge in [-0.15, -0.1) is 0 Å². The number of hydrogen-bond donors (Lipinski definition) is 1. The Bertz CT molecular complexity index is 736. The van der Waals surface area contributed by atoms with Crippen molar-refractivity contribution < 1.29 is 19.1 Å². The molecular formula is C21H33N3O4S. The lowest BCUT2D eigenvalue weighted by Crippen LogP contribution is -2.43. The molecule has 0 saturated heterocycles. The van der Waals surface area contributed by atoms with E-state index in [0.717, 1.165) is 21.8 Å². The highest BCUT2D eigenvalue weighted by atomic mass is 32.2. The smallest absolute Gasteiger partial charge is 0.420 e. The van der Waals surface area contributed by atoms with E-state index in [1.807, 2.05) is 26.0 Å². The molecule has 0 saturated carbocycles. The lowest BCUT2D eigenvalue weighted by Gasteiger charge is -2.29. The molecule has 1 aromatic rings. The van der Waals surface area contributed by atoms with Gasteiger partial charge in [-0.3, -0.25) is 0 Å². The number of carbonyl (C=O) groups excluding carboxylic acids is 2. The van der Waals surface area contributed by atoms with Crippen molar-refractivity contribution in [1.29, 1.82) is 0 Å². The molecule has 0 aromatic heterocycles. The summed E-state index contributed by atoms with van der Waals surface area (Å²) in [4.78, 5) is 30.7. The Labute approximate surface area is 178 Å². The molecule has 0 unspecified atom stereocenters. The molecule has 0 aliphatic heterocycles. The number of benzene rings is 1. The lowest BCUT2D eigenvalue weighted by atomic mass is 10.1. The summed E-state index contributed by atoms with van der Waals surface area (Å²) < 4.78 is 10.8. The Kier molecular flexibility index (Phi) is 8.56. The average Bonchev–Trinajstić information content (AvgIpc) is 2.51. The molecule has 2 N–H and O–H groups in total. The minimum Gasteiger partial charge on any atom is -0.443 e. The second-order valence-corrected chi connectivity index (χ2v) is 9.82. The standard InChI is InChI=1S/C21H33N3O4S/c1-9-29-17(22)23-16-11-10-14(2)15(12-16)13-24(18(25)27-20(3,4)5)19(26)28-21(6,7)8/h10-12H,9,13H2,1-8H3,(H2,22,23). The van der Waals surface area contributed by atoms with Crippen molar-refractivity contribution in [3.8, 4) is 0 Å². The largest absolute Gasteiger partial charge is 0.443 e. The van der Waals surface area contributed by atoms with Crippen LogP contribution in [0, 0.1) is 6.92 Å². The molecule has 2 amide bonds. The van der Waals surface area contributed by atoms with Crippen LogP contribution in [0.5, 0.6) is 0 Å². The van der Waals surface area contributed by atoms with E-state index < -0.39 is 23.4 Å². The van der Waals surface area contributed by atoms with E-state index in [2.05, 4.69) is 4.99 Å². The van der Waals surface area contributed by atoms with E-state index in [1.54, 1.807) is 47.6 Å². The first-order valence-corrected chi connectivity index (χ1v) is 10.5. The molecule has 0 atom stereocenters. The third-order valence-corrected chi connectivity index (χ3v) is 4.10. The molecule has 0 bridgehead atoms. The lowest BCUT2D eigenvalue weighted by molar-refractivity contribution is -0.000267. The maximum absolute atomic E-state index is 12.7. The quantitative estimate of drug-likeness (QED) is 0.517. The molecule has 0 aliphatic carbocycles. The van der Waals surface area contributed by atoms with E-state index in [9.17, 15) is 9.59 Å². The highest BCUT2D eigenvalue weighted by molar-refractivity contribution is 8.13. The molecule has 0 radical (unpaired) electrons. The Morgan fingerprint density at radius 2 is 1.59 bits per heavy atom. The van der Waals surface area contributed by atoms with Crippen molar-refractivity contribution in [1.82, 2.24) is 4.90 Å². The predicted octanol–water partition coefficient (Wildman–Crippen LogP) is 5.37. The normalized spacial score (nSPS) is 12.5. The Morgan fingerprint density at radius 3 is 2.03 bits per heavy atom. The maximum Gasteiger partial charge on any atom is 0.420 e. The zero-order chi connectivity index (χ0) is 22.4. The molecule has 0 spiro atoms. The van der Waals surface area contributed by atoms with E-state index in [0.29, 0.717) is 10.9 Å². The predicted molar refractivity (Wildman–Crippen MR) is 119 cm³/mol. The van der Waals surface area contributed by atoms with E-state index in [-0.39, 0.29) is 6.54 Å². The number of amidine groups is 1. The second-order valence-electron chi connectivity index (χ2n) is 8.54. The first-order chi connectivity index (χ1) is 13.2. The molecule has 0 aliphatic rings. The summed E-state index contributed by atoms with van der Waals surface area (Å²) in [6, 6.07) is 5.52. The molecule has 1 aromatic carbocycles. The van der Waals surface area contributed by atoms with E-state index >= 15 is 0 Å². The number of hydrogen-bond acceptors (Lipinski definition) is 6. The molecule has 8 heteroatoms. The Balaban J connectivity index is 3.22. The molecule has 1 rings (SSSR count). The Morgan fingerprint density at radius 1 is 1.07 bits per heavy atom. The van der Waals surface area contributed by atoms with Crippen LogP contribution in [-0.2, 0) is 16.0 Å². The SMILES string of the molecule is CCSC(N)=Nc1ccc(C)c(CN(C(=O)OC(C)(C)C)C(=O)OC(C)(C)C)c1. The van der Waals surface area contributed by atoms with Crippen LogP contribution in [-0.4, -0.2) is 39.2 Å². The summed E-state index contributed by atoms with van der Waals surface area (Å²) in [6.45, 7) is 14.3.